The van der Waals surface area contributed by atoms with Crippen molar-refractivity contribution in [1.82, 2.24) is 0 Å². The molecule has 38 heavy (non-hydrogen) atoms. The van der Waals surface area contributed by atoms with Gasteiger partial charge in [-0.2, -0.15) is 28.3 Å². The molecule has 0 spiro atoms. The molecular formula is C33H33Cl2O2Ti. The van der Waals surface area contributed by atoms with Crippen molar-refractivity contribution < 1.29 is 56.4 Å². The van der Waals surface area contributed by atoms with Crippen molar-refractivity contribution in [2.75, 3.05) is 0 Å². The van der Waals surface area contributed by atoms with Gasteiger partial charge in [0.1, 0.15) is 5.41 Å². The van der Waals surface area contributed by atoms with Gasteiger partial charge in [-0.15, -0.1) is 0 Å². The zero-order valence-electron chi connectivity index (χ0n) is 21.5. The van der Waals surface area contributed by atoms with Crippen molar-refractivity contribution in [3.8, 4) is 0 Å². The molecule has 4 aromatic carbocycles. The summed E-state index contributed by atoms with van der Waals surface area (Å²) in [7, 11) is 0. The Morgan fingerprint density at radius 2 is 0.895 bits per heavy atom. The molecule has 1 radical (unpaired) electrons. The van der Waals surface area contributed by atoms with Gasteiger partial charge in [-0.05, 0) is 16.7 Å². The van der Waals surface area contributed by atoms with E-state index < -0.39 is 11.4 Å². The number of hydrogen-bond acceptors (Lipinski definition) is 1. The van der Waals surface area contributed by atoms with Crippen LogP contribution in [0.2, 0.25) is 0 Å². The first-order valence-corrected chi connectivity index (χ1v) is 12.9. The summed E-state index contributed by atoms with van der Waals surface area (Å²) in [4.78, 5) is 12.4. The van der Waals surface area contributed by atoms with E-state index in [9.17, 15) is 9.90 Å². The maximum absolute atomic E-state index is 12.4. The van der Waals surface area contributed by atoms with Crippen LogP contribution in [0.25, 0.3) is 0 Å². The summed E-state index contributed by atoms with van der Waals surface area (Å²) in [6.07, 6.45) is 11.2. The Bertz CT molecular complexity index is 1140. The van der Waals surface area contributed by atoms with Crippen LogP contribution < -0.4 is 24.8 Å². The van der Waals surface area contributed by atoms with Crippen LogP contribution in [-0.2, 0) is 57.6 Å². The number of rotatable bonds is 4. The van der Waals surface area contributed by atoms with E-state index in [-0.39, 0.29) is 46.5 Å². The topological polar surface area (TPSA) is 37.3 Å². The van der Waals surface area contributed by atoms with Gasteiger partial charge in [0.2, 0.25) is 0 Å². The summed E-state index contributed by atoms with van der Waals surface area (Å²) >= 11 is 0. The van der Waals surface area contributed by atoms with E-state index in [0.29, 0.717) is 0 Å². The second-order valence-corrected chi connectivity index (χ2v) is 9.72. The minimum atomic E-state index is -1.20. The van der Waals surface area contributed by atoms with E-state index >= 15 is 0 Å². The molecule has 5 heteroatoms. The van der Waals surface area contributed by atoms with Gasteiger partial charge in [0, 0.05) is 0 Å². The van der Waals surface area contributed by atoms with Crippen LogP contribution in [0.4, 0.5) is 0 Å². The summed E-state index contributed by atoms with van der Waals surface area (Å²) < 4.78 is 0. The van der Waals surface area contributed by atoms with Gasteiger partial charge in [0.15, 0.2) is 0 Å². The molecule has 195 valence electrons. The largest absolute Gasteiger partial charge is 3.00 e. The van der Waals surface area contributed by atoms with Crippen molar-refractivity contribution >= 4 is 5.97 Å². The third-order valence-electron chi connectivity index (χ3n) is 7.67. The second kappa shape index (κ2) is 14.8. The number of aryl methyl sites for hydroxylation is 2. The van der Waals surface area contributed by atoms with Crippen molar-refractivity contribution in [3.05, 3.63) is 136 Å². The summed E-state index contributed by atoms with van der Waals surface area (Å²) in [5.74, 6) is -0.879. The van der Waals surface area contributed by atoms with E-state index in [1.807, 2.05) is 91.0 Å². The summed E-state index contributed by atoms with van der Waals surface area (Å²) in [5, 5.41) is 10.2. The zero-order chi connectivity index (χ0) is 24.1. The molecular weight excluding hydrogens is 547 g/mol. The van der Waals surface area contributed by atoms with E-state index in [0.717, 1.165) is 16.7 Å². The fraction of sp³-hybridized carbons (Fsp3) is 0.273. The van der Waals surface area contributed by atoms with Gasteiger partial charge < -0.3 is 29.9 Å². The van der Waals surface area contributed by atoms with Gasteiger partial charge in [0.05, 0.1) is 0 Å². The molecule has 1 N–H and O–H groups in total. The molecule has 0 amide bonds. The SMILES string of the molecule is O=C(O)C(c1ccccc1)(c1ccccc1)c1ccccc1.[Cl-].[Cl-].[Ti+3].[cH-]1c2c(c3c1CCCC3)CCCC2. The van der Waals surface area contributed by atoms with Crippen LogP contribution in [0.1, 0.15) is 64.6 Å². The van der Waals surface area contributed by atoms with Crippen LogP contribution in [-0.4, -0.2) is 11.1 Å². The van der Waals surface area contributed by atoms with Crippen molar-refractivity contribution in [2.24, 2.45) is 0 Å². The Morgan fingerprint density at radius 3 is 1.21 bits per heavy atom. The van der Waals surface area contributed by atoms with Gasteiger partial charge >= 0.3 is 27.7 Å². The van der Waals surface area contributed by atoms with E-state index in [4.69, 9.17) is 0 Å². The molecule has 0 aromatic heterocycles. The van der Waals surface area contributed by atoms with Gasteiger partial charge in [-0.25, -0.2) is 0 Å². The average Bonchev–Trinajstić information content (AvgIpc) is 3.30. The van der Waals surface area contributed by atoms with E-state index in [1.165, 1.54) is 51.4 Å². The average molecular weight is 580 g/mol. The number of carboxylic acids is 1. The van der Waals surface area contributed by atoms with E-state index in [2.05, 4.69) is 6.07 Å². The van der Waals surface area contributed by atoms with Gasteiger partial charge in [-0.3, -0.25) is 4.79 Å². The monoisotopic (exact) mass is 579 g/mol. The summed E-state index contributed by atoms with van der Waals surface area (Å²) in [6, 6.07) is 30.7. The Morgan fingerprint density at radius 1 is 0.579 bits per heavy atom. The molecule has 4 aromatic rings. The molecule has 0 saturated heterocycles. The van der Waals surface area contributed by atoms with Crippen molar-refractivity contribution in [1.29, 1.82) is 0 Å². The molecule has 0 aliphatic heterocycles. The predicted octanol–water partition coefficient (Wildman–Crippen LogP) is 1.27. The number of halogens is 2. The molecule has 6 rings (SSSR count). The Labute approximate surface area is 254 Å². The fourth-order valence-electron chi connectivity index (χ4n) is 6.01. The third-order valence-corrected chi connectivity index (χ3v) is 7.67. The minimum absolute atomic E-state index is 0. The third kappa shape index (κ3) is 6.32. The Hall–Kier alpha value is -2.23. The minimum Gasteiger partial charge on any atom is -1.00 e. The number of aliphatic carboxylic acids is 1. The summed E-state index contributed by atoms with van der Waals surface area (Å²) in [5.41, 5.74) is 7.99. The van der Waals surface area contributed by atoms with Gasteiger partial charge in [-0.1, -0.05) is 142 Å². The maximum Gasteiger partial charge on any atom is 3.00 e. The summed E-state index contributed by atoms with van der Waals surface area (Å²) in [6.45, 7) is 0. The number of hydrogen-bond donors (Lipinski definition) is 1. The molecule has 2 nitrogen and oxygen atoms in total. The maximum atomic E-state index is 12.4. The number of fused-ring (bicyclic) bond motifs is 3. The van der Waals surface area contributed by atoms with Crippen LogP contribution >= 0.6 is 0 Å². The predicted molar refractivity (Wildman–Crippen MR) is 142 cm³/mol. The number of benzene rings is 3. The van der Waals surface area contributed by atoms with E-state index in [1.54, 1.807) is 22.3 Å². The molecule has 0 atom stereocenters. The molecule has 0 heterocycles. The first kappa shape index (κ1) is 32.0. The van der Waals surface area contributed by atoms with Crippen molar-refractivity contribution in [2.45, 2.75) is 56.8 Å². The molecule has 2 aliphatic carbocycles. The zero-order valence-corrected chi connectivity index (χ0v) is 24.6. The molecule has 0 fully saturated rings. The van der Waals surface area contributed by atoms with Gasteiger partial charge in [0.25, 0.3) is 0 Å². The molecule has 0 unspecified atom stereocenters. The van der Waals surface area contributed by atoms with Crippen LogP contribution in [0.3, 0.4) is 0 Å². The molecule has 0 bridgehead atoms. The number of carbonyl (C=O) groups is 1. The fourth-order valence-corrected chi connectivity index (χ4v) is 6.01. The van der Waals surface area contributed by atoms with Crippen molar-refractivity contribution in [3.63, 3.8) is 0 Å². The van der Waals surface area contributed by atoms with Crippen LogP contribution in [0.5, 0.6) is 0 Å². The second-order valence-electron chi connectivity index (χ2n) is 9.72. The quantitative estimate of drug-likeness (QED) is 0.225. The standard InChI is InChI=1S/C20H16O2.C13H17.2ClH.Ti/c21-19(22)20(16-10-4-1-5-11-16,17-12-6-2-7-13-17)18-14-8-3-9-15-18;1-3-7-12-10(5-1)9-11-6-2-4-8-13(11)12;;;/h1-15H,(H,21,22);9H,1-8H2;2*1H;/q;-1;;;+3/p-2. The normalized spacial score (nSPS) is 13.6. The first-order chi connectivity index (χ1) is 17.2. The smallest absolute Gasteiger partial charge is 1.00 e. The number of carboxylic acid groups (broad SMARTS) is 1. The first-order valence-electron chi connectivity index (χ1n) is 12.9. The molecule has 2 aliphatic rings. The molecule has 0 saturated carbocycles. The Kier molecular flexibility index (Phi) is 12.5. The Balaban J connectivity index is 0.000000273. The van der Waals surface area contributed by atoms with Crippen LogP contribution in [0.15, 0.2) is 97.1 Å². The van der Waals surface area contributed by atoms with Crippen LogP contribution in [0, 0.1) is 0 Å².